The molecule has 2 atom stereocenters. The third-order valence-corrected chi connectivity index (χ3v) is 3.95. The van der Waals surface area contributed by atoms with Crippen molar-refractivity contribution >= 4 is 17.5 Å². The van der Waals surface area contributed by atoms with Gasteiger partial charge in [-0.25, -0.2) is 0 Å². The Hall–Kier alpha value is -1.88. The second-order valence-electron chi connectivity index (χ2n) is 5.62. The maximum atomic E-state index is 11.6. The summed E-state index contributed by atoms with van der Waals surface area (Å²) in [6.07, 6.45) is 3.54. The van der Waals surface area contributed by atoms with Crippen LogP contribution in [-0.4, -0.2) is 30.4 Å². The number of benzene rings is 1. The molecule has 2 aliphatic rings. The smallest absolute Gasteiger partial charge is 0.259 e. The molecule has 2 unspecified atom stereocenters. The zero-order valence-corrected chi connectivity index (χ0v) is 11.5. The highest BCUT2D eigenvalue weighted by Gasteiger charge is 2.26. The molecule has 5 heteroatoms. The zero-order valence-electron chi connectivity index (χ0n) is 11.5. The minimum Gasteiger partial charge on any atom is -0.383 e. The van der Waals surface area contributed by atoms with Gasteiger partial charge in [0.1, 0.15) is 0 Å². The van der Waals surface area contributed by atoms with E-state index in [1.807, 2.05) is 6.07 Å². The average Bonchev–Trinajstić information content (AvgIpc) is 2.99. The second kappa shape index (κ2) is 5.25. The number of rotatable bonds is 4. The molecule has 5 nitrogen and oxygen atoms in total. The summed E-state index contributed by atoms with van der Waals surface area (Å²) in [4.78, 5) is 23.1. The first-order valence-electron chi connectivity index (χ1n) is 7.13. The van der Waals surface area contributed by atoms with Gasteiger partial charge in [-0.1, -0.05) is 0 Å². The number of hydrogen-bond donors (Lipinski definition) is 3. The Morgan fingerprint density at radius 1 is 1.30 bits per heavy atom. The first kappa shape index (κ1) is 13.1. The molecule has 3 rings (SSSR count). The van der Waals surface area contributed by atoms with Gasteiger partial charge in [0.15, 0.2) is 0 Å². The van der Waals surface area contributed by atoms with E-state index in [-0.39, 0.29) is 11.8 Å². The van der Waals surface area contributed by atoms with Crippen LogP contribution in [0.4, 0.5) is 5.69 Å². The summed E-state index contributed by atoms with van der Waals surface area (Å²) in [5, 5.41) is 9.19. The molecule has 2 heterocycles. The molecule has 0 spiro atoms. The van der Waals surface area contributed by atoms with Crippen LogP contribution in [0.2, 0.25) is 0 Å². The molecule has 0 bridgehead atoms. The van der Waals surface area contributed by atoms with Crippen LogP contribution in [0.15, 0.2) is 18.2 Å². The number of nitrogens with one attached hydrogen (secondary N) is 3. The molecule has 2 amide bonds. The van der Waals surface area contributed by atoms with E-state index in [2.05, 4.69) is 22.9 Å². The van der Waals surface area contributed by atoms with Crippen LogP contribution in [0.3, 0.4) is 0 Å². The van der Waals surface area contributed by atoms with Gasteiger partial charge < -0.3 is 10.6 Å². The molecule has 0 radical (unpaired) electrons. The Labute approximate surface area is 118 Å². The molecule has 0 aliphatic carbocycles. The highest BCUT2D eigenvalue weighted by Crippen LogP contribution is 2.22. The Morgan fingerprint density at radius 2 is 2.10 bits per heavy atom. The quantitative estimate of drug-likeness (QED) is 0.727. The number of fused-ring (bicyclic) bond motifs is 1. The maximum Gasteiger partial charge on any atom is 0.259 e. The van der Waals surface area contributed by atoms with Crippen LogP contribution in [0, 0.1) is 0 Å². The maximum absolute atomic E-state index is 11.6. The average molecular weight is 273 g/mol. The van der Waals surface area contributed by atoms with Crippen LogP contribution in [0.5, 0.6) is 0 Å². The van der Waals surface area contributed by atoms with Crippen LogP contribution >= 0.6 is 0 Å². The Morgan fingerprint density at radius 3 is 2.85 bits per heavy atom. The number of carbonyl (C=O) groups excluding carboxylic acids is 2. The van der Waals surface area contributed by atoms with Crippen molar-refractivity contribution in [3.63, 3.8) is 0 Å². The lowest BCUT2D eigenvalue weighted by Gasteiger charge is -2.19. The predicted molar refractivity (Wildman–Crippen MR) is 77.0 cm³/mol. The molecule has 0 aromatic heterocycles. The summed E-state index contributed by atoms with van der Waals surface area (Å²) >= 11 is 0. The molecular weight excluding hydrogens is 254 g/mol. The van der Waals surface area contributed by atoms with Crippen LogP contribution in [0.1, 0.15) is 46.9 Å². The van der Waals surface area contributed by atoms with Gasteiger partial charge >= 0.3 is 0 Å². The molecule has 20 heavy (non-hydrogen) atoms. The summed E-state index contributed by atoms with van der Waals surface area (Å²) in [6.45, 7) is 3.25. The van der Waals surface area contributed by atoms with E-state index in [1.54, 1.807) is 12.1 Å². The molecule has 0 saturated carbocycles. The molecule has 1 aromatic carbocycles. The van der Waals surface area contributed by atoms with E-state index in [0.717, 1.165) is 18.7 Å². The normalized spacial score (nSPS) is 22.6. The summed E-state index contributed by atoms with van der Waals surface area (Å²) in [5.74, 6) is -0.612. The minimum atomic E-state index is -0.307. The summed E-state index contributed by atoms with van der Waals surface area (Å²) < 4.78 is 0. The van der Waals surface area contributed by atoms with E-state index >= 15 is 0 Å². The summed E-state index contributed by atoms with van der Waals surface area (Å²) in [5.41, 5.74) is 1.82. The molecule has 1 saturated heterocycles. The van der Waals surface area contributed by atoms with E-state index in [4.69, 9.17) is 0 Å². The largest absolute Gasteiger partial charge is 0.383 e. The molecule has 1 fully saturated rings. The van der Waals surface area contributed by atoms with Gasteiger partial charge in [-0.15, -0.1) is 0 Å². The summed E-state index contributed by atoms with van der Waals surface area (Å²) in [6, 6.07) is 6.22. The molecule has 106 valence electrons. The molecule has 3 N–H and O–H groups in total. The zero-order chi connectivity index (χ0) is 14.1. The number of amides is 2. The van der Waals surface area contributed by atoms with Crippen molar-refractivity contribution in [2.75, 3.05) is 11.9 Å². The SMILES string of the molecule is CC(CC1CCCN1)Nc1ccc2c(c1)C(=O)NC2=O. The number of anilines is 1. The van der Waals surface area contributed by atoms with Gasteiger partial charge in [-0.2, -0.15) is 0 Å². The highest BCUT2D eigenvalue weighted by molar-refractivity contribution is 6.21. The lowest BCUT2D eigenvalue weighted by molar-refractivity contribution is 0.0879. The minimum absolute atomic E-state index is 0.306. The Balaban J connectivity index is 1.67. The van der Waals surface area contributed by atoms with Crippen molar-refractivity contribution in [3.05, 3.63) is 29.3 Å². The van der Waals surface area contributed by atoms with E-state index in [1.165, 1.54) is 12.8 Å². The van der Waals surface area contributed by atoms with Crippen molar-refractivity contribution in [1.29, 1.82) is 0 Å². The van der Waals surface area contributed by atoms with Gasteiger partial charge in [-0.05, 0) is 50.9 Å². The predicted octanol–water partition coefficient (Wildman–Crippen LogP) is 1.51. The Bertz CT molecular complexity index is 550. The topological polar surface area (TPSA) is 70.2 Å². The number of carbonyl (C=O) groups is 2. The van der Waals surface area contributed by atoms with Gasteiger partial charge in [0.2, 0.25) is 0 Å². The van der Waals surface area contributed by atoms with Crippen molar-refractivity contribution in [1.82, 2.24) is 10.6 Å². The van der Waals surface area contributed by atoms with Crippen molar-refractivity contribution in [2.45, 2.75) is 38.3 Å². The van der Waals surface area contributed by atoms with Crippen molar-refractivity contribution < 1.29 is 9.59 Å². The lowest BCUT2D eigenvalue weighted by atomic mass is 10.1. The monoisotopic (exact) mass is 273 g/mol. The molecule has 2 aliphatic heterocycles. The van der Waals surface area contributed by atoms with Gasteiger partial charge in [0.05, 0.1) is 11.1 Å². The first-order chi connectivity index (χ1) is 9.63. The third-order valence-electron chi connectivity index (χ3n) is 3.95. The summed E-state index contributed by atoms with van der Waals surface area (Å²) in [7, 11) is 0. The standard InChI is InChI=1S/C15H19N3O2/c1-9(7-10-3-2-6-16-10)17-11-4-5-12-13(8-11)15(20)18-14(12)19/h4-5,8-10,16-17H,2-3,6-7H2,1H3,(H,18,19,20). The third kappa shape index (κ3) is 2.54. The lowest BCUT2D eigenvalue weighted by Crippen LogP contribution is -2.29. The van der Waals surface area contributed by atoms with Gasteiger partial charge in [0, 0.05) is 17.8 Å². The second-order valence-corrected chi connectivity index (χ2v) is 5.62. The van der Waals surface area contributed by atoms with E-state index < -0.39 is 0 Å². The molecular formula is C15H19N3O2. The van der Waals surface area contributed by atoms with Crippen molar-refractivity contribution in [3.8, 4) is 0 Å². The fourth-order valence-corrected chi connectivity index (χ4v) is 2.99. The van der Waals surface area contributed by atoms with E-state index in [0.29, 0.717) is 23.2 Å². The van der Waals surface area contributed by atoms with Gasteiger partial charge in [0.25, 0.3) is 11.8 Å². The number of imide groups is 1. The van der Waals surface area contributed by atoms with E-state index in [9.17, 15) is 9.59 Å². The molecule has 1 aromatic rings. The van der Waals surface area contributed by atoms with Crippen LogP contribution in [0.25, 0.3) is 0 Å². The van der Waals surface area contributed by atoms with Gasteiger partial charge in [-0.3, -0.25) is 14.9 Å². The van der Waals surface area contributed by atoms with Crippen LogP contribution in [-0.2, 0) is 0 Å². The Kier molecular flexibility index (Phi) is 3.44. The first-order valence-corrected chi connectivity index (χ1v) is 7.13. The fraction of sp³-hybridized carbons (Fsp3) is 0.467. The number of hydrogen-bond acceptors (Lipinski definition) is 4. The highest BCUT2D eigenvalue weighted by atomic mass is 16.2. The fourth-order valence-electron chi connectivity index (χ4n) is 2.99. The van der Waals surface area contributed by atoms with Crippen molar-refractivity contribution in [2.24, 2.45) is 0 Å². The van der Waals surface area contributed by atoms with Crippen LogP contribution < -0.4 is 16.0 Å².